The molecule has 13 aromatic rings. The number of fused-ring (bicyclic) bond motifs is 20. The van der Waals surface area contributed by atoms with Gasteiger partial charge in [-0.1, -0.05) is 170 Å². The number of hydrogen-bond donors (Lipinski definition) is 0. The van der Waals surface area contributed by atoms with Crippen LogP contribution in [-0.4, -0.2) is 0 Å². The second kappa shape index (κ2) is 13.1. The molecule has 0 nitrogen and oxygen atoms in total. The molecule has 62 heavy (non-hydrogen) atoms. The number of rotatable bonds is 2. The van der Waals surface area contributed by atoms with Gasteiger partial charge in [-0.2, -0.15) is 0 Å². The summed E-state index contributed by atoms with van der Waals surface area (Å²) in [7, 11) is 0. The Morgan fingerprint density at radius 2 is 0.452 bits per heavy atom. The molecule has 0 N–H and O–H groups in total. The van der Waals surface area contributed by atoms with Gasteiger partial charge in [-0.25, -0.2) is 0 Å². The molecule has 0 radical (unpaired) electrons. The molecule has 2 aromatic heterocycles. The van der Waals surface area contributed by atoms with Crippen molar-refractivity contribution in [2.75, 3.05) is 0 Å². The van der Waals surface area contributed by atoms with Crippen molar-refractivity contribution in [3.63, 3.8) is 0 Å². The fourth-order valence-electron chi connectivity index (χ4n) is 10.7. The average Bonchev–Trinajstić information content (AvgIpc) is 3.92. The van der Waals surface area contributed by atoms with Gasteiger partial charge < -0.3 is 0 Å². The topological polar surface area (TPSA) is 0 Å². The van der Waals surface area contributed by atoms with Crippen molar-refractivity contribution in [1.82, 2.24) is 0 Å². The Bertz CT molecular complexity index is 3780. The van der Waals surface area contributed by atoms with Crippen LogP contribution in [0.25, 0.3) is 139 Å². The maximum Gasteiger partial charge on any atom is 0.0434 e. The van der Waals surface area contributed by atoms with E-state index in [9.17, 15) is 0 Å². The number of thiophene rings is 2. The van der Waals surface area contributed by atoms with E-state index in [0.717, 1.165) is 0 Å². The summed E-state index contributed by atoms with van der Waals surface area (Å²) in [6.45, 7) is 0. The standard InChI is InChI=1S/C60H34S2/c1-3-17-37-35(15-1)36-16-2-4-18-38(36)50-32-52-40-20-6-8-22-42(40)54-34-56(48-28-14-26-46-44-24-10-12-30-58(44)62-60(46)48)55(33-53(54)41-21-7-5-19-39(41)51(52)31-49(37)50)47-27-13-25-45-43-23-9-11-29-57(43)61-59(45)47/h1-34H. The monoisotopic (exact) mass is 818 g/mol. The third kappa shape index (κ3) is 4.82. The molecule has 11 aromatic carbocycles. The molecule has 0 amide bonds. The fraction of sp³-hybridized carbons (Fsp3) is 0. The Morgan fingerprint density at radius 3 is 0.855 bits per heavy atom. The lowest BCUT2D eigenvalue weighted by Crippen LogP contribution is -1.99. The predicted molar refractivity (Wildman–Crippen MR) is 271 cm³/mol. The molecule has 1 aliphatic rings. The summed E-state index contributed by atoms with van der Waals surface area (Å²) >= 11 is 3.82. The van der Waals surface area contributed by atoms with E-state index in [1.807, 2.05) is 22.7 Å². The SMILES string of the molecule is c1ccc2c(c1)-c1cc(-c3cccc4c3sc3ccccc34)c(-c3cccc4c3sc3ccccc34)cc1-c1ccccc1-c1cc3c4ccccc4c4ccccc4c3cc1-2. The van der Waals surface area contributed by atoms with Crippen LogP contribution >= 0.6 is 22.7 Å². The molecule has 0 bridgehead atoms. The highest BCUT2D eigenvalue weighted by Crippen LogP contribution is 2.54. The van der Waals surface area contributed by atoms with Gasteiger partial charge in [0, 0.05) is 51.5 Å². The zero-order valence-electron chi connectivity index (χ0n) is 33.4. The summed E-state index contributed by atoms with van der Waals surface area (Å²) < 4.78 is 5.29. The number of hydrogen-bond acceptors (Lipinski definition) is 2. The maximum atomic E-state index is 2.54. The molecule has 0 saturated carbocycles. The quantitative estimate of drug-likeness (QED) is 0.152. The van der Waals surface area contributed by atoms with Crippen molar-refractivity contribution < 1.29 is 0 Å². The van der Waals surface area contributed by atoms with Gasteiger partial charge >= 0.3 is 0 Å². The van der Waals surface area contributed by atoms with E-state index in [-0.39, 0.29) is 0 Å². The van der Waals surface area contributed by atoms with Crippen LogP contribution in [0.4, 0.5) is 0 Å². The summed E-state index contributed by atoms with van der Waals surface area (Å²) in [5.41, 5.74) is 15.1. The summed E-state index contributed by atoms with van der Waals surface area (Å²) in [6.07, 6.45) is 0. The van der Waals surface area contributed by atoms with Gasteiger partial charge in [0.2, 0.25) is 0 Å². The Kier molecular flexibility index (Phi) is 7.24. The van der Waals surface area contributed by atoms with Gasteiger partial charge in [0.25, 0.3) is 0 Å². The summed E-state index contributed by atoms with van der Waals surface area (Å²) in [5, 5.41) is 13.0. The van der Waals surface area contributed by atoms with Crippen molar-refractivity contribution in [3.8, 4) is 66.8 Å². The molecular weight excluding hydrogens is 785 g/mol. The normalized spacial score (nSPS) is 12.2. The van der Waals surface area contributed by atoms with Gasteiger partial charge in [0.15, 0.2) is 0 Å². The molecule has 0 fully saturated rings. The molecule has 1 aliphatic carbocycles. The minimum Gasteiger partial charge on any atom is -0.135 e. The van der Waals surface area contributed by atoms with Gasteiger partial charge in [0.05, 0.1) is 0 Å². The second-order valence-electron chi connectivity index (χ2n) is 16.6. The van der Waals surface area contributed by atoms with Gasteiger partial charge in [-0.3, -0.25) is 0 Å². The minimum absolute atomic E-state index is 1.25. The zero-order valence-corrected chi connectivity index (χ0v) is 35.1. The average molecular weight is 819 g/mol. The molecule has 0 saturated heterocycles. The van der Waals surface area contributed by atoms with Crippen LogP contribution < -0.4 is 0 Å². The Morgan fingerprint density at radius 1 is 0.177 bits per heavy atom. The van der Waals surface area contributed by atoms with E-state index in [0.29, 0.717) is 0 Å². The zero-order chi connectivity index (χ0) is 40.5. The predicted octanol–water partition coefficient (Wildman–Crippen LogP) is 18.2. The summed E-state index contributed by atoms with van der Waals surface area (Å²) in [4.78, 5) is 0. The Labute approximate surface area is 366 Å². The first-order chi connectivity index (χ1) is 30.8. The van der Waals surface area contributed by atoms with Crippen molar-refractivity contribution in [2.45, 2.75) is 0 Å². The van der Waals surface area contributed by atoms with E-state index >= 15 is 0 Å². The first kappa shape index (κ1) is 34.4. The van der Waals surface area contributed by atoms with Crippen LogP contribution in [0.2, 0.25) is 0 Å². The molecule has 14 rings (SSSR count). The van der Waals surface area contributed by atoms with Gasteiger partial charge in [0.1, 0.15) is 0 Å². The first-order valence-electron chi connectivity index (χ1n) is 21.3. The number of benzene rings is 11. The molecule has 0 unspecified atom stereocenters. The molecule has 0 spiro atoms. The lowest BCUT2D eigenvalue weighted by molar-refractivity contribution is 1.53. The Hall–Kier alpha value is -7.36. The smallest absolute Gasteiger partial charge is 0.0434 e. The van der Waals surface area contributed by atoms with Crippen LogP contribution in [0.3, 0.4) is 0 Å². The van der Waals surface area contributed by atoms with Crippen molar-refractivity contribution >= 4 is 95.3 Å². The fourth-order valence-corrected chi connectivity index (χ4v) is 13.2. The first-order valence-corrected chi connectivity index (χ1v) is 23.0. The summed E-state index contributed by atoms with van der Waals surface area (Å²) in [5.74, 6) is 0. The lowest BCUT2D eigenvalue weighted by atomic mass is 9.77. The highest BCUT2D eigenvalue weighted by molar-refractivity contribution is 7.26. The van der Waals surface area contributed by atoms with Crippen molar-refractivity contribution in [3.05, 3.63) is 206 Å². The van der Waals surface area contributed by atoms with E-state index in [1.165, 1.54) is 139 Å². The van der Waals surface area contributed by atoms with Gasteiger partial charge in [-0.15, -0.1) is 22.7 Å². The molecule has 286 valence electrons. The van der Waals surface area contributed by atoms with Crippen LogP contribution in [0.15, 0.2) is 206 Å². The van der Waals surface area contributed by atoms with Crippen LogP contribution in [0, 0.1) is 0 Å². The molecular formula is C60H34S2. The van der Waals surface area contributed by atoms with Crippen LogP contribution in [0.5, 0.6) is 0 Å². The van der Waals surface area contributed by atoms with E-state index in [1.54, 1.807) is 0 Å². The van der Waals surface area contributed by atoms with E-state index in [2.05, 4.69) is 206 Å². The lowest BCUT2D eigenvalue weighted by Gasteiger charge is -2.26. The second-order valence-corrected chi connectivity index (χ2v) is 18.7. The van der Waals surface area contributed by atoms with Crippen molar-refractivity contribution in [1.29, 1.82) is 0 Å². The molecule has 0 atom stereocenters. The van der Waals surface area contributed by atoms with E-state index < -0.39 is 0 Å². The third-order valence-corrected chi connectivity index (χ3v) is 15.9. The third-order valence-electron chi connectivity index (χ3n) is 13.4. The minimum atomic E-state index is 1.25. The summed E-state index contributed by atoms with van der Waals surface area (Å²) in [6, 6.07) is 77.8. The molecule has 0 aliphatic heterocycles. The van der Waals surface area contributed by atoms with Crippen molar-refractivity contribution in [2.24, 2.45) is 0 Å². The van der Waals surface area contributed by atoms with E-state index in [4.69, 9.17) is 0 Å². The highest BCUT2D eigenvalue weighted by Gasteiger charge is 2.27. The van der Waals surface area contributed by atoms with Gasteiger partial charge in [-0.05, 0) is 124 Å². The van der Waals surface area contributed by atoms with Crippen LogP contribution in [0.1, 0.15) is 0 Å². The maximum absolute atomic E-state index is 2.54. The highest BCUT2D eigenvalue weighted by atomic mass is 32.1. The molecule has 2 heterocycles. The largest absolute Gasteiger partial charge is 0.135 e. The van der Waals surface area contributed by atoms with Crippen LogP contribution in [-0.2, 0) is 0 Å². The molecule has 2 heteroatoms. The Balaban J connectivity index is 1.14.